The van der Waals surface area contributed by atoms with E-state index in [1.165, 1.54) is 25.7 Å². The number of hydrogen-bond donors (Lipinski definition) is 5. The molecule has 0 aromatic rings. The number of nitrogens with two attached hydrogens (primary N) is 3. The average Bonchev–Trinajstić information content (AvgIpc) is 3.75. The van der Waals surface area contributed by atoms with Crippen LogP contribution in [-0.4, -0.2) is 89.6 Å². The molecule has 6 saturated heterocycles. The molecular formula is C37H61N4O7+. The largest absolute Gasteiger partial charge is 0.457 e. The SMILES string of the molecule is CC1CC(=O)C2C(CC3OC(C)(C)C4OC(=O)C5(CCCCC4C3C2O)OC5CCC2CC(N)[NH2+]C3C2CCCC2C(N)NCCC23)O1. The molecule has 2 saturated carbocycles. The monoisotopic (exact) mass is 673 g/mol. The summed E-state index contributed by atoms with van der Waals surface area (Å²) in [7, 11) is 0. The van der Waals surface area contributed by atoms with E-state index in [1.807, 2.05) is 20.8 Å². The third-order valence-corrected chi connectivity index (χ3v) is 14.5. The Morgan fingerprint density at radius 3 is 2.56 bits per heavy atom. The van der Waals surface area contributed by atoms with Crippen molar-refractivity contribution in [1.29, 1.82) is 0 Å². The highest BCUT2D eigenvalue weighted by Crippen LogP contribution is 2.54. The molecule has 0 amide bonds. The van der Waals surface area contributed by atoms with Gasteiger partial charge in [0.25, 0.3) is 0 Å². The number of ketones is 1. The van der Waals surface area contributed by atoms with Gasteiger partial charge in [0.1, 0.15) is 23.7 Å². The fourth-order valence-corrected chi connectivity index (χ4v) is 12.4. The lowest BCUT2D eigenvalue weighted by molar-refractivity contribution is -0.746. The molecule has 8 aliphatic rings. The van der Waals surface area contributed by atoms with E-state index in [1.54, 1.807) is 0 Å². The van der Waals surface area contributed by atoms with Gasteiger partial charge in [-0.2, -0.15) is 0 Å². The first-order chi connectivity index (χ1) is 23.0. The zero-order valence-electron chi connectivity index (χ0n) is 29.3. The number of aliphatic hydroxyl groups is 1. The molecular weight excluding hydrogens is 612 g/mol. The van der Waals surface area contributed by atoms with Crippen molar-refractivity contribution in [2.45, 2.75) is 170 Å². The molecule has 0 bridgehead atoms. The fourth-order valence-electron chi connectivity index (χ4n) is 12.4. The molecule has 11 nitrogen and oxygen atoms in total. The number of carbonyl (C=O) groups is 2. The van der Waals surface area contributed by atoms with Crippen LogP contribution in [0.5, 0.6) is 0 Å². The number of hydrogen-bond acceptors (Lipinski definition) is 10. The Balaban J connectivity index is 0.958. The van der Waals surface area contributed by atoms with Crippen LogP contribution in [0.15, 0.2) is 0 Å². The Hall–Kier alpha value is -1.18. The number of piperidine rings is 2. The lowest BCUT2D eigenvalue weighted by Gasteiger charge is -2.57. The van der Waals surface area contributed by atoms with Crippen molar-refractivity contribution < 1.29 is 39.0 Å². The highest BCUT2D eigenvalue weighted by molar-refractivity contribution is 5.84. The van der Waals surface area contributed by atoms with Crippen molar-refractivity contribution in [2.75, 3.05) is 6.54 Å². The van der Waals surface area contributed by atoms with E-state index in [2.05, 4.69) is 10.6 Å². The van der Waals surface area contributed by atoms with Crippen molar-refractivity contribution in [1.82, 2.24) is 5.32 Å². The lowest BCUT2D eigenvalue weighted by atomic mass is 9.62. The second-order valence-electron chi connectivity index (χ2n) is 17.7. The molecule has 11 heteroatoms. The third kappa shape index (κ3) is 5.80. The van der Waals surface area contributed by atoms with E-state index in [4.69, 9.17) is 30.4 Å². The predicted octanol–water partition coefficient (Wildman–Crippen LogP) is 1.47. The fraction of sp³-hybridized carbons (Fsp3) is 0.946. The number of rotatable bonds is 3. The summed E-state index contributed by atoms with van der Waals surface area (Å²) in [6.45, 7) is 6.91. The third-order valence-electron chi connectivity index (χ3n) is 14.5. The van der Waals surface area contributed by atoms with Gasteiger partial charge in [0.15, 0.2) is 5.60 Å². The lowest BCUT2D eigenvalue weighted by Crippen LogP contribution is -3.02. The maximum atomic E-state index is 14.2. The molecule has 6 aliphatic heterocycles. The van der Waals surface area contributed by atoms with E-state index < -0.39 is 29.3 Å². The van der Waals surface area contributed by atoms with Gasteiger partial charge >= 0.3 is 5.97 Å². The van der Waals surface area contributed by atoms with Crippen molar-refractivity contribution in [2.24, 2.45) is 52.9 Å². The van der Waals surface area contributed by atoms with Gasteiger partial charge < -0.3 is 40.4 Å². The van der Waals surface area contributed by atoms with Crippen LogP contribution in [0.3, 0.4) is 0 Å². The summed E-state index contributed by atoms with van der Waals surface area (Å²) in [6, 6.07) is 0.516. The van der Waals surface area contributed by atoms with Crippen LogP contribution in [-0.2, 0) is 28.5 Å². The number of nitrogens with one attached hydrogen (secondary N) is 1. The summed E-state index contributed by atoms with van der Waals surface area (Å²) in [5.41, 5.74) is 11.6. The number of carbonyl (C=O) groups excluding carboxylic acids is 2. The van der Waals surface area contributed by atoms with Gasteiger partial charge in [-0.25, -0.2) is 4.79 Å². The van der Waals surface area contributed by atoms with Crippen LogP contribution in [0.25, 0.3) is 0 Å². The summed E-state index contributed by atoms with van der Waals surface area (Å²) >= 11 is 0. The summed E-state index contributed by atoms with van der Waals surface area (Å²) in [6.07, 6.45) is 9.68. The van der Waals surface area contributed by atoms with Crippen LogP contribution in [0.2, 0.25) is 0 Å². The quantitative estimate of drug-likeness (QED) is 0.218. The summed E-state index contributed by atoms with van der Waals surface area (Å²) in [5, 5.41) is 17.7. The first-order valence-electron chi connectivity index (χ1n) is 19.5. The van der Waals surface area contributed by atoms with E-state index in [0.29, 0.717) is 49.0 Å². The minimum atomic E-state index is -0.903. The topological polar surface area (TPSA) is 175 Å². The van der Waals surface area contributed by atoms with E-state index in [-0.39, 0.29) is 60.3 Å². The first kappa shape index (κ1) is 33.9. The molecule has 0 aromatic carbocycles. The summed E-state index contributed by atoms with van der Waals surface area (Å²) in [4.78, 5) is 27.3. The number of esters is 1. The zero-order valence-corrected chi connectivity index (χ0v) is 29.3. The van der Waals surface area contributed by atoms with Crippen molar-refractivity contribution in [3.05, 3.63) is 0 Å². The van der Waals surface area contributed by atoms with Crippen molar-refractivity contribution in [3.63, 3.8) is 0 Å². The van der Waals surface area contributed by atoms with Crippen LogP contribution in [0.4, 0.5) is 0 Å². The molecule has 8 rings (SSSR count). The molecule has 0 aromatic heterocycles. The molecule has 0 radical (unpaired) electrons. The van der Waals surface area contributed by atoms with Gasteiger partial charge in [-0.3, -0.25) is 10.5 Å². The van der Waals surface area contributed by atoms with Crippen LogP contribution >= 0.6 is 0 Å². The van der Waals surface area contributed by atoms with Crippen molar-refractivity contribution >= 4 is 11.8 Å². The second kappa shape index (κ2) is 12.8. The average molecular weight is 674 g/mol. The van der Waals surface area contributed by atoms with Gasteiger partial charge in [-0.1, -0.05) is 12.8 Å². The molecule has 48 heavy (non-hydrogen) atoms. The highest BCUT2D eigenvalue weighted by atomic mass is 16.7. The Morgan fingerprint density at radius 1 is 0.938 bits per heavy atom. The van der Waals surface area contributed by atoms with Gasteiger partial charge in [-0.15, -0.1) is 0 Å². The van der Waals surface area contributed by atoms with Crippen LogP contribution < -0.4 is 22.1 Å². The van der Waals surface area contributed by atoms with Crippen LogP contribution in [0, 0.1) is 41.4 Å². The van der Waals surface area contributed by atoms with E-state index >= 15 is 0 Å². The Labute approximate surface area is 285 Å². The predicted molar refractivity (Wildman–Crippen MR) is 176 cm³/mol. The van der Waals surface area contributed by atoms with Crippen LogP contribution in [0.1, 0.15) is 104 Å². The standard InChI is InChI=1S/C37H60N4O7/c1-18-15-24(42)30-25(45-18)17-26-29(32(30)43)23-7-4-5-13-37(35(44)46-33(23)36(2,3)47-26)27(48-37)11-10-19-16-28(38)41-31-20(19)8-6-9-22-21(31)12-14-40-34(22)39/h18-23,25-34,40-41,43H,4-17,38-39H2,1-3H3/p+1. The highest BCUT2D eigenvalue weighted by Gasteiger charge is 2.66. The number of quaternary nitrogens is 1. The van der Waals surface area contributed by atoms with Gasteiger partial charge in [0, 0.05) is 42.9 Å². The molecule has 17 atom stereocenters. The molecule has 8 N–H and O–H groups in total. The number of aliphatic hydroxyl groups excluding tert-OH is 1. The number of Topliss-reactive ketones (excluding diaryl/α,β-unsaturated/α-hetero) is 1. The normalized spacial score (nSPS) is 53.3. The van der Waals surface area contributed by atoms with E-state index in [0.717, 1.165) is 45.1 Å². The van der Waals surface area contributed by atoms with Gasteiger partial charge in [0.2, 0.25) is 0 Å². The van der Waals surface area contributed by atoms with Gasteiger partial charge in [-0.05, 0) is 90.5 Å². The number of fused-ring (bicyclic) bond motifs is 7. The second-order valence-corrected chi connectivity index (χ2v) is 17.7. The summed E-state index contributed by atoms with van der Waals surface area (Å²) in [5.74, 6) is 1.13. The van der Waals surface area contributed by atoms with Gasteiger partial charge in [0.05, 0.1) is 48.6 Å². The number of epoxide rings is 1. The molecule has 17 unspecified atom stereocenters. The zero-order chi connectivity index (χ0) is 33.5. The maximum absolute atomic E-state index is 14.2. The summed E-state index contributed by atoms with van der Waals surface area (Å²) < 4.78 is 25.8. The molecule has 1 spiro atoms. The van der Waals surface area contributed by atoms with Crippen molar-refractivity contribution in [3.8, 4) is 0 Å². The molecule has 8 fully saturated rings. The minimum Gasteiger partial charge on any atom is -0.457 e. The molecule has 270 valence electrons. The smallest absolute Gasteiger partial charge is 0.341 e. The molecule has 2 aliphatic carbocycles. The molecule has 6 heterocycles. The Bertz CT molecular complexity index is 1240. The first-order valence-corrected chi connectivity index (χ1v) is 19.5. The number of ether oxygens (including phenoxy) is 4. The Kier molecular flexibility index (Phi) is 9.05. The minimum absolute atomic E-state index is 0.0745. The Morgan fingerprint density at radius 2 is 1.73 bits per heavy atom. The maximum Gasteiger partial charge on any atom is 0.341 e. The van der Waals surface area contributed by atoms with E-state index in [9.17, 15) is 14.7 Å².